The van der Waals surface area contributed by atoms with Crippen molar-refractivity contribution in [1.29, 1.82) is 0 Å². The number of rotatable bonds is 1. The van der Waals surface area contributed by atoms with Crippen LogP contribution in [0, 0.1) is 5.92 Å². The smallest absolute Gasteiger partial charge is 0.324 e. The number of nitrogens with one attached hydrogen (secondary N) is 1. The van der Waals surface area contributed by atoms with E-state index < -0.39 is 17.8 Å². The van der Waals surface area contributed by atoms with Crippen LogP contribution in [0.25, 0.3) is 0 Å². The highest BCUT2D eigenvalue weighted by Crippen LogP contribution is 2.47. The molecular weight excluding hydrogens is 137 g/mol. The van der Waals surface area contributed by atoms with Crippen LogP contribution in [0.1, 0.15) is 12.8 Å². The van der Waals surface area contributed by atoms with Crippen LogP contribution in [0.15, 0.2) is 0 Å². The molecule has 0 radical (unpaired) electrons. The fraction of sp³-hybridized carbons (Fsp3) is 0.833. The molecule has 3 aliphatic rings. The van der Waals surface area contributed by atoms with E-state index in [1.54, 1.807) is 0 Å². The van der Waals surface area contributed by atoms with Crippen molar-refractivity contribution in [3.8, 4) is 0 Å². The molecule has 2 saturated heterocycles. The minimum atomic E-state index is -1.09. The second-order valence-electron chi connectivity index (χ2n) is 3.10. The topological polar surface area (TPSA) is 49.3 Å². The van der Waals surface area contributed by atoms with Gasteiger partial charge in [0.15, 0.2) is 6.30 Å². The number of fused-ring (bicyclic) bond motifs is 1. The maximum atomic E-state index is 12.6. The molecular formula is C6H8FNO2. The molecule has 1 unspecified atom stereocenters. The largest absolute Gasteiger partial charge is 0.480 e. The van der Waals surface area contributed by atoms with Gasteiger partial charge in [-0.3, -0.25) is 10.1 Å². The number of carboxylic acid groups (broad SMARTS) is 1. The number of hydrogen-bond acceptors (Lipinski definition) is 2. The van der Waals surface area contributed by atoms with Crippen molar-refractivity contribution in [2.75, 3.05) is 0 Å². The van der Waals surface area contributed by atoms with E-state index in [-0.39, 0.29) is 5.92 Å². The highest BCUT2D eigenvalue weighted by molar-refractivity contribution is 5.81. The normalized spacial score (nSPS) is 50.5. The van der Waals surface area contributed by atoms with E-state index in [4.69, 9.17) is 5.11 Å². The summed E-state index contributed by atoms with van der Waals surface area (Å²) in [6, 6.07) is 0. The molecule has 3 rings (SSSR count). The van der Waals surface area contributed by atoms with Crippen LogP contribution in [0.2, 0.25) is 0 Å². The van der Waals surface area contributed by atoms with Crippen molar-refractivity contribution in [3.05, 3.63) is 0 Å². The molecule has 1 aliphatic carbocycles. The monoisotopic (exact) mass is 145 g/mol. The quantitative estimate of drug-likeness (QED) is 0.515. The van der Waals surface area contributed by atoms with Crippen molar-refractivity contribution in [3.63, 3.8) is 0 Å². The Morgan fingerprint density at radius 1 is 1.70 bits per heavy atom. The predicted molar refractivity (Wildman–Crippen MR) is 31.1 cm³/mol. The maximum absolute atomic E-state index is 12.6. The lowest BCUT2D eigenvalue weighted by Crippen LogP contribution is -2.50. The standard InChI is InChI=1S/C6H8FNO2/c7-4-3-1-6(2-3,8-4)5(9)10/h3-4,8H,1-2H2,(H,9,10). The second-order valence-corrected chi connectivity index (χ2v) is 3.10. The summed E-state index contributed by atoms with van der Waals surface area (Å²) in [6.45, 7) is 0. The molecule has 2 aliphatic heterocycles. The number of alkyl halides is 1. The zero-order valence-electron chi connectivity index (χ0n) is 5.30. The van der Waals surface area contributed by atoms with Crippen molar-refractivity contribution in [2.45, 2.75) is 24.7 Å². The molecule has 1 saturated carbocycles. The highest BCUT2D eigenvalue weighted by atomic mass is 19.1. The summed E-state index contributed by atoms with van der Waals surface area (Å²) in [7, 11) is 0. The van der Waals surface area contributed by atoms with E-state index in [1.807, 2.05) is 0 Å². The minimum Gasteiger partial charge on any atom is -0.480 e. The molecule has 0 spiro atoms. The Morgan fingerprint density at radius 2 is 2.30 bits per heavy atom. The highest BCUT2D eigenvalue weighted by Gasteiger charge is 2.61. The second kappa shape index (κ2) is 1.50. The van der Waals surface area contributed by atoms with Gasteiger partial charge >= 0.3 is 5.97 Å². The molecule has 56 valence electrons. The van der Waals surface area contributed by atoms with Gasteiger partial charge < -0.3 is 5.11 Å². The molecule has 10 heavy (non-hydrogen) atoms. The van der Waals surface area contributed by atoms with Crippen LogP contribution >= 0.6 is 0 Å². The van der Waals surface area contributed by atoms with Crippen molar-refractivity contribution >= 4 is 5.97 Å². The van der Waals surface area contributed by atoms with Crippen LogP contribution < -0.4 is 5.32 Å². The fourth-order valence-corrected chi connectivity index (χ4v) is 1.78. The van der Waals surface area contributed by atoms with E-state index in [0.29, 0.717) is 12.8 Å². The van der Waals surface area contributed by atoms with Crippen molar-refractivity contribution in [2.24, 2.45) is 5.92 Å². The van der Waals surface area contributed by atoms with Gasteiger partial charge in [0.05, 0.1) is 0 Å². The first kappa shape index (κ1) is 6.09. The van der Waals surface area contributed by atoms with Crippen LogP contribution in [-0.4, -0.2) is 22.9 Å². The zero-order valence-corrected chi connectivity index (χ0v) is 5.30. The van der Waals surface area contributed by atoms with E-state index in [0.717, 1.165) is 0 Å². The average molecular weight is 145 g/mol. The Balaban J connectivity index is 2.18. The molecule has 2 N–H and O–H groups in total. The summed E-state index contributed by atoms with van der Waals surface area (Å²) in [5.41, 5.74) is -0.899. The van der Waals surface area contributed by atoms with Crippen LogP contribution in [0.5, 0.6) is 0 Å². The lowest BCUT2D eigenvalue weighted by atomic mass is 9.73. The van der Waals surface area contributed by atoms with E-state index >= 15 is 0 Å². The Bertz CT molecular complexity index is 188. The molecule has 2 heterocycles. The van der Waals surface area contributed by atoms with Crippen molar-refractivity contribution < 1.29 is 14.3 Å². The van der Waals surface area contributed by atoms with E-state index in [9.17, 15) is 9.18 Å². The molecule has 0 amide bonds. The van der Waals surface area contributed by atoms with Gasteiger partial charge in [-0.05, 0) is 12.8 Å². The number of aliphatic carboxylic acids is 1. The Labute approximate surface area is 57.2 Å². The number of carboxylic acids is 1. The molecule has 3 nitrogen and oxygen atoms in total. The average Bonchev–Trinajstić information content (AvgIpc) is 2.16. The third-order valence-electron chi connectivity index (χ3n) is 2.46. The van der Waals surface area contributed by atoms with E-state index in [2.05, 4.69) is 5.32 Å². The number of halogens is 1. The Hall–Kier alpha value is -0.640. The Morgan fingerprint density at radius 3 is 2.50 bits per heavy atom. The van der Waals surface area contributed by atoms with Gasteiger partial charge in [0.25, 0.3) is 0 Å². The Kier molecular flexibility index (Phi) is 0.916. The number of hydrogen-bond donors (Lipinski definition) is 2. The molecule has 3 fully saturated rings. The third-order valence-corrected chi connectivity index (χ3v) is 2.46. The molecule has 0 aromatic carbocycles. The summed E-state index contributed by atoms with van der Waals surface area (Å²) >= 11 is 0. The van der Waals surface area contributed by atoms with Crippen LogP contribution in [0.3, 0.4) is 0 Å². The predicted octanol–water partition coefficient (Wildman–Crippen LogP) is 0.119. The van der Waals surface area contributed by atoms with Gasteiger partial charge in [-0.25, -0.2) is 4.39 Å². The molecule has 0 aromatic rings. The third kappa shape index (κ3) is 0.502. The first-order valence-corrected chi connectivity index (χ1v) is 3.29. The SMILES string of the molecule is O=C(O)C12CC(C1)C(F)N2. The van der Waals surface area contributed by atoms with Gasteiger partial charge in [0.1, 0.15) is 5.54 Å². The minimum absolute atomic E-state index is 0.0453. The summed E-state index contributed by atoms with van der Waals surface area (Å²) < 4.78 is 12.6. The van der Waals surface area contributed by atoms with Crippen LogP contribution in [-0.2, 0) is 4.79 Å². The van der Waals surface area contributed by atoms with Gasteiger partial charge in [0.2, 0.25) is 0 Å². The number of carbonyl (C=O) groups is 1. The molecule has 4 heteroatoms. The van der Waals surface area contributed by atoms with E-state index in [1.165, 1.54) is 0 Å². The first-order valence-electron chi connectivity index (χ1n) is 3.29. The molecule has 0 aromatic heterocycles. The van der Waals surface area contributed by atoms with Crippen molar-refractivity contribution in [1.82, 2.24) is 5.32 Å². The summed E-state index contributed by atoms with van der Waals surface area (Å²) in [5.74, 6) is -0.958. The van der Waals surface area contributed by atoms with Gasteiger partial charge in [-0.2, -0.15) is 0 Å². The molecule has 2 bridgehead atoms. The van der Waals surface area contributed by atoms with Gasteiger partial charge in [-0.1, -0.05) is 0 Å². The van der Waals surface area contributed by atoms with Gasteiger partial charge in [0, 0.05) is 5.92 Å². The van der Waals surface area contributed by atoms with Gasteiger partial charge in [-0.15, -0.1) is 0 Å². The maximum Gasteiger partial charge on any atom is 0.324 e. The first-order chi connectivity index (χ1) is 4.64. The fourth-order valence-electron chi connectivity index (χ4n) is 1.78. The summed E-state index contributed by atoms with van der Waals surface area (Å²) in [5, 5.41) is 11.0. The zero-order chi connectivity index (χ0) is 7.35. The summed E-state index contributed by atoms with van der Waals surface area (Å²) in [4.78, 5) is 10.5. The lowest BCUT2D eigenvalue weighted by Gasteiger charge is -2.31. The lowest BCUT2D eigenvalue weighted by molar-refractivity contribution is -0.147. The van der Waals surface area contributed by atoms with Crippen LogP contribution in [0.4, 0.5) is 4.39 Å². The molecule has 1 atom stereocenters. The summed E-state index contributed by atoms with van der Waals surface area (Å²) in [6.07, 6.45) is -0.163.